The predicted molar refractivity (Wildman–Crippen MR) is 17.4 cm³/mol. The molecule has 0 aromatic rings. The van der Waals surface area contributed by atoms with Crippen LogP contribution in [-0.4, -0.2) is 11.5 Å². The summed E-state index contributed by atoms with van der Waals surface area (Å²) in [5.74, 6) is 0. The van der Waals surface area contributed by atoms with Gasteiger partial charge in [-0.15, -0.1) is 0 Å². The average molecular weight is 77.1 g/mol. The van der Waals surface area contributed by atoms with E-state index in [0.717, 1.165) is 0 Å². The Kier molecular flexibility index (Phi) is 2.10. The number of alkyl halides is 1. The summed E-state index contributed by atoms with van der Waals surface area (Å²) < 4.78 is 11.0. The van der Waals surface area contributed by atoms with Gasteiger partial charge in [-0.25, -0.2) is 4.39 Å². The van der Waals surface area contributed by atoms with Crippen LogP contribution in [0.2, 0.25) is 0 Å². The zero-order valence-electron chi connectivity index (χ0n) is 3.11. The first kappa shape index (κ1) is 4.89. The van der Waals surface area contributed by atoms with Gasteiger partial charge in [-0.3, -0.25) is 0 Å². The van der Waals surface area contributed by atoms with Gasteiger partial charge in [0.2, 0.25) is 0 Å². The van der Waals surface area contributed by atoms with Crippen molar-refractivity contribution in [1.82, 2.24) is 0 Å². The SMILES string of the molecule is CCC(O)[18F]. The van der Waals surface area contributed by atoms with E-state index >= 15 is 0 Å². The molecular formula is C3H7FO. The molecule has 0 aliphatic heterocycles. The molecule has 0 aliphatic rings. The van der Waals surface area contributed by atoms with E-state index in [-0.39, 0.29) is 6.42 Å². The smallest absolute Gasteiger partial charge is 0.196 e. The molecule has 0 aromatic heterocycles. The monoisotopic (exact) mass is 77.1 g/mol. The van der Waals surface area contributed by atoms with E-state index in [0.29, 0.717) is 0 Å². The second-order valence-electron chi connectivity index (χ2n) is 0.843. The summed E-state index contributed by atoms with van der Waals surface area (Å²) >= 11 is 0. The third kappa shape index (κ3) is 3.89. The maximum atomic E-state index is 11.0. The molecule has 1 unspecified atom stereocenters. The van der Waals surface area contributed by atoms with Crippen LogP contribution in [0.4, 0.5) is 4.39 Å². The molecule has 5 heavy (non-hydrogen) atoms. The molecule has 0 bridgehead atoms. The van der Waals surface area contributed by atoms with Gasteiger partial charge in [0.25, 0.3) is 0 Å². The minimum atomic E-state index is -1.62. The van der Waals surface area contributed by atoms with E-state index in [2.05, 4.69) is 0 Å². The number of halogens is 1. The molecule has 0 fully saturated rings. The summed E-state index contributed by atoms with van der Waals surface area (Å²) in [6.45, 7) is 1.57. The molecule has 1 nitrogen and oxygen atoms in total. The van der Waals surface area contributed by atoms with E-state index < -0.39 is 6.36 Å². The predicted octanol–water partition coefficient (Wildman–Crippen LogP) is 0.684. The Morgan fingerprint density at radius 3 is 2.20 bits per heavy atom. The highest BCUT2D eigenvalue weighted by Gasteiger charge is 1.87. The maximum Gasteiger partial charge on any atom is 0.196 e. The molecule has 2 heteroatoms. The highest BCUT2D eigenvalue weighted by molar-refractivity contribution is 4.22. The lowest BCUT2D eigenvalue weighted by molar-refractivity contribution is 0.0391. The Labute approximate surface area is 30.4 Å². The average Bonchev–Trinajstić information content (AvgIpc) is 1.38. The van der Waals surface area contributed by atoms with Crippen LogP contribution in [0.1, 0.15) is 13.3 Å². The fourth-order valence-corrected chi connectivity index (χ4v) is 0. The summed E-state index contributed by atoms with van der Waals surface area (Å²) in [5.41, 5.74) is 0. The van der Waals surface area contributed by atoms with Crippen molar-refractivity contribution in [2.24, 2.45) is 0 Å². The topological polar surface area (TPSA) is 20.2 Å². The lowest BCUT2D eigenvalue weighted by atomic mass is 10.5. The molecular weight excluding hydrogens is 70.0 g/mol. The Morgan fingerprint density at radius 1 is 2.00 bits per heavy atom. The van der Waals surface area contributed by atoms with Gasteiger partial charge in [0.1, 0.15) is 0 Å². The van der Waals surface area contributed by atoms with E-state index in [9.17, 15) is 4.39 Å². The van der Waals surface area contributed by atoms with Gasteiger partial charge in [0.05, 0.1) is 0 Å². The molecule has 32 valence electrons. The zero-order valence-corrected chi connectivity index (χ0v) is 3.11. The van der Waals surface area contributed by atoms with Crippen molar-refractivity contribution in [3.63, 3.8) is 0 Å². The van der Waals surface area contributed by atoms with E-state index in [1.54, 1.807) is 6.92 Å². The minimum absolute atomic E-state index is 0.194. The summed E-state index contributed by atoms with van der Waals surface area (Å²) in [5, 5.41) is 7.69. The molecule has 1 N–H and O–H groups in total. The number of rotatable bonds is 1. The van der Waals surface area contributed by atoms with Crippen molar-refractivity contribution in [2.75, 3.05) is 0 Å². The molecule has 0 heterocycles. The summed E-state index contributed by atoms with van der Waals surface area (Å²) in [6, 6.07) is 0. The Bertz CT molecular complexity index is 20.9. The first-order valence-corrected chi connectivity index (χ1v) is 1.59. The molecule has 0 aromatic carbocycles. The summed E-state index contributed by atoms with van der Waals surface area (Å²) in [4.78, 5) is 0. The van der Waals surface area contributed by atoms with Crippen molar-refractivity contribution in [3.05, 3.63) is 0 Å². The standard InChI is InChI=1S/C3H7FO/c1-2-3(4)5/h3,5H,2H2,1H3/i4-1. The quantitative estimate of drug-likeness (QED) is 0.488. The van der Waals surface area contributed by atoms with E-state index in [4.69, 9.17) is 5.11 Å². The van der Waals surface area contributed by atoms with Crippen molar-refractivity contribution >= 4 is 0 Å². The molecule has 1 atom stereocenters. The molecule has 0 saturated carbocycles. The van der Waals surface area contributed by atoms with Crippen LogP contribution in [0.25, 0.3) is 0 Å². The van der Waals surface area contributed by atoms with Crippen LogP contribution in [-0.2, 0) is 0 Å². The van der Waals surface area contributed by atoms with E-state index in [1.807, 2.05) is 0 Å². The normalized spacial score (nSPS) is 15.0. The molecule has 0 amide bonds. The van der Waals surface area contributed by atoms with Crippen molar-refractivity contribution in [1.29, 1.82) is 0 Å². The number of hydrogen-bond donors (Lipinski definition) is 1. The molecule has 0 rings (SSSR count). The van der Waals surface area contributed by atoms with Gasteiger partial charge in [-0.05, 0) is 0 Å². The third-order valence-corrected chi connectivity index (χ3v) is 0.337. The van der Waals surface area contributed by atoms with Crippen molar-refractivity contribution < 1.29 is 9.50 Å². The van der Waals surface area contributed by atoms with Crippen LogP contribution in [0.3, 0.4) is 0 Å². The highest BCUT2D eigenvalue weighted by Crippen LogP contribution is 1.85. The first-order valence-electron chi connectivity index (χ1n) is 1.59. The van der Waals surface area contributed by atoms with E-state index in [1.165, 1.54) is 0 Å². The first-order chi connectivity index (χ1) is 2.27. The van der Waals surface area contributed by atoms with Gasteiger partial charge in [0.15, 0.2) is 6.36 Å². The Hall–Kier alpha value is -0.110. The number of aliphatic hydroxyl groups is 1. The molecule has 0 spiro atoms. The largest absolute Gasteiger partial charge is 0.364 e. The van der Waals surface area contributed by atoms with Crippen LogP contribution in [0, 0.1) is 0 Å². The van der Waals surface area contributed by atoms with Crippen LogP contribution in [0.5, 0.6) is 0 Å². The van der Waals surface area contributed by atoms with Crippen molar-refractivity contribution in [2.45, 2.75) is 19.7 Å². The lowest BCUT2D eigenvalue weighted by Crippen LogP contribution is -1.90. The van der Waals surface area contributed by atoms with Gasteiger partial charge < -0.3 is 5.11 Å². The lowest BCUT2D eigenvalue weighted by Gasteiger charge is -1.85. The van der Waals surface area contributed by atoms with Gasteiger partial charge in [-0.1, -0.05) is 6.92 Å². The highest BCUT2D eigenvalue weighted by atomic mass is 18.2. The van der Waals surface area contributed by atoms with Gasteiger partial charge in [-0.2, -0.15) is 0 Å². The Balaban J connectivity index is 2.54. The van der Waals surface area contributed by atoms with Gasteiger partial charge >= 0.3 is 0 Å². The Morgan fingerprint density at radius 2 is 2.20 bits per heavy atom. The molecule has 0 aliphatic carbocycles. The number of hydrogen-bond acceptors (Lipinski definition) is 1. The minimum Gasteiger partial charge on any atom is -0.364 e. The molecule has 0 saturated heterocycles. The van der Waals surface area contributed by atoms with Crippen LogP contribution in [0.15, 0.2) is 0 Å². The molecule has 0 radical (unpaired) electrons. The maximum absolute atomic E-state index is 11.0. The van der Waals surface area contributed by atoms with Crippen LogP contribution >= 0.6 is 0 Å². The summed E-state index contributed by atoms with van der Waals surface area (Å²) in [6.07, 6.45) is -1.42. The van der Waals surface area contributed by atoms with Crippen molar-refractivity contribution in [3.8, 4) is 0 Å². The fourth-order valence-electron chi connectivity index (χ4n) is 0. The second-order valence-corrected chi connectivity index (χ2v) is 0.843. The van der Waals surface area contributed by atoms with Gasteiger partial charge in [0, 0.05) is 6.42 Å². The van der Waals surface area contributed by atoms with Crippen LogP contribution < -0.4 is 0 Å². The number of aliphatic hydroxyl groups excluding tert-OH is 1. The third-order valence-electron chi connectivity index (χ3n) is 0.337. The fraction of sp³-hybridized carbons (Fsp3) is 1.00. The summed E-state index contributed by atoms with van der Waals surface area (Å²) in [7, 11) is 0. The zero-order chi connectivity index (χ0) is 4.28. The second kappa shape index (κ2) is 2.15.